The summed E-state index contributed by atoms with van der Waals surface area (Å²) in [6.45, 7) is 6.49. The molecule has 1 atom stereocenters. The molecule has 1 fully saturated rings. The van der Waals surface area contributed by atoms with E-state index in [1.54, 1.807) is 6.92 Å². The van der Waals surface area contributed by atoms with E-state index in [9.17, 15) is 5.11 Å². The van der Waals surface area contributed by atoms with Gasteiger partial charge >= 0.3 is 0 Å². The van der Waals surface area contributed by atoms with Crippen LogP contribution in [0.15, 0.2) is 24.4 Å². The summed E-state index contributed by atoms with van der Waals surface area (Å²) in [6, 6.07) is 5.97. The molecule has 2 rings (SSSR count). The molecule has 0 aliphatic carbocycles. The molecular weight excluding hydrogens is 228 g/mol. The van der Waals surface area contributed by atoms with Crippen molar-refractivity contribution in [2.45, 2.75) is 12.5 Å². The quantitative estimate of drug-likeness (QED) is 0.782. The molecule has 5 heteroatoms. The first-order valence-electron chi connectivity index (χ1n) is 6.41. The fraction of sp³-hybridized carbons (Fsp3) is 0.615. The number of piperazine rings is 1. The second-order valence-corrected chi connectivity index (χ2v) is 5.15. The maximum absolute atomic E-state index is 9.97. The van der Waals surface area contributed by atoms with Crippen molar-refractivity contribution in [1.82, 2.24) is 9.88 Å². The Hall–Kier alpha value is -1.17. The van der Waals surface area contributed by atoms with E-state index in [1.165, 1.54) is 0 Å². The van der Waals surface area contributed by atoms with Gasteiger partial charge in [0.1, 0.15) is 5.82 Å². The molecule has 5 nitrogen and oxygen atoms in total. The zero-order valence-corrected chi connectivity index (χ0v) is 10.9. The molecule has 0 radical (unpaired) electrons. The highest BCUT2D eigenvalue weighted by Gasteiger charge is 2.25. The monoisotopic (exact) mass is 250 g/mol. The lowest BCUT2D eigenvalue weighted by atomic mass is 10.1. The van der Waals surface area contributed by atoms with Gasteiger partial charge < -0.3 is 15.7 Å². The summed E-state index contributed by atoms with van der Waals surface area (Å²) >= 11 is 0. The first-order chi connectivity index (χ1) is 8.61. The van der Waals surface area contributed by atoms with Crippen LogP contribution in [0.25, 0.3) is 0 Å². The van der Waals surface area contributed by atoms with Crippen molar-refractivity contribution in [3.8, 4) is 0 Å². The fourth-order valence-electron chi connectivity index (χ4n) is 2.22. The van der Waals surface area contributed by atoms with Crippen LogP contribution < -0.4 is 10.6 Å². The Morgan fingerprint density at radius 3 is 2.61 bits per heavy atom. The van der Waals surface area contributed by atoms with Crippen LogP contribution in [0.2, 0.25) is 0 Å². The molecule has 3 N–H and O–H groups in total. The number of rotatable bonds is 4. The standard InChI is InChI=1S/C13H22N4O/c1-13(18,10-14)11-16-6-8-17(9-7-16)12-4-2-3-5-15-12/h2-5,18H,6-11,14H2,1H3. The Morgan fingerprint density at radius 2 is 2.06 bits per heavy atom. The van der Waals surface area contributed by atoms with Crippen LogP contribution >= 0.6 is 0 Å². The van der Waals surface area contributed by atoms with E-state index in [1.807, 2.05) is 24.4 Å². The third kappa shape index (κ3) is 3.41. The number of pyridine rings is 1. The fourth-order valence-corrected chi connectivity index (χ4v) is 2.22. The Kier molecular flexibility index (Phi) is 4.16. The van der Waals surface area contributed by atoms with E-state index in [2.05, 4.69) is 14.8 Å². The van der Waals surface area contributed by atoms with Crippen molar-refractivity contribution in [2.24, 2.45) is 5.73 Å². The molecule has 1 aromatic rings. The SMILES string of the molecule is CC(O)(CN)CN1CCN(c2ccccn2)CC1. The highest BCUT2D eigenvalue weighted by Crippen LogP contribution is 2.14. The van der Waals surface area contributed by atoms with Gasteiger partial charge in [0.15, 0.2) is 0 Å². The van der Waals surface area contributed by atoms with Gasteiger partial charge in [-0.05, 0) is 19.1 Å². The third-order valence-electron chi connectivity index (χ3n) is 3.35. The molecule has 18 heavy (non-hydrogen) atoms. The van der Waals surface area contributed by atoms with Crippen molar-refractivity contribution >= 4 is 5.82 Å². The van der Waals surface area contributed by atoms with Gasteiger partial charge in [0.25, 0.3) is 0 Å². The van der Waals surface area contributed by atoms with Crippen LogP contribution in [-0.4, -0.2) is 59.9 Å². The molecule has 1 aliphatic rings. The maximum atomic E-state index is 9.97. The minimum absolute atomic E-state index is 0.299. The van der Waals surface area contributed by atoms with Crippen LogP contribution in [0.1, 0.15) is 6.92 Å². The van der Waals surface area contributed by atoms with Crippen LogP contribution in [0.5, 0.6) is 0 Å². The van der Waals surface area contributed by atoms with Gasteiger partial charge in [-0.1, -0.05) is 6.07 Å². The summed E-state index contributed by atoms with van der Waals surface area (Å²) in [5.41, 5.74) is 4.76. The topological polar surface area (TPSA) is 65.6 Å². The Morgan fingerprint density at radius 1 is 1.33 bits per heavy atom. The lowest BCUT2D eigenvalue weighted by Crippen LogP contribution is -2.53. The first kappa shape index (κ1) is 13.3. The zero-order chi connectivity index (χ0) is 13.0. The Balaban J connectivity index is 1.85. The van der Waals surface area contributed by atoms with E-state index in [0.29, 0.717) is 13.1 Å². The van der Waals surface area contributed by atoms with Crippen molar-refractivity contribution < 1.29 is 5.11 Å². The molecule has 100 valence electrons. The smallest absolute Gasteiger partial charge is 0.128 e. The molecular formula is C13H22N4O. The summed E-state index contributed by atoms with van der Waals surface area (Å²) in [4.78, 5) is 8.88. The summed E-state index contributed by atoms with van der Waals surface area (Å²) in [7, 11) is 0. The van der Waals surface area contributed by atoms with Crippen LogP contribution in [0, 0.1) is 0 Å². The number of aliphatic hydroxyl groups is 1. The molecule has 1 saturated heterocycles. The van der Waals surface area contributed by atoms with E-state index < -0.39 is 5.60 Å². The van der Waals surface area contributed by atoms with Crippen molar-refractivity contribution in [2.75, 3.05) is 44.2 Å². The van der Waals surface area contributed by atoms with Gasteiger partial charge in [-0.25, -0.2) is 4.98 Å². The van der Waals surface area contributed by atoms with E-state index >= 15 is 0 Å². The predicted octanol–water partition coefficient (Wildman–Crippen LogP) is -0.0867. The van der Waals surface area contributed by atoms with Gasteiger partial charge in [0, 0.05) is 45.5 Å². The lowest BCUT2D eigenvalue weighted by Gasteiger charge is -2.38. The van der Waals surface area contributed by atoms with Crippen molar-refractivity contribution in [3.63, 3.8) is 0 Å². The molecule has 0 amide bonds. The van der Waals surface area contributed by atoms with Crippen molar-refractivity contribution in [1.29, 1.82) is 0 Å². The number of hydrogen-bond donors (Lipinski definition) is 2. The molecule has 0 bridgehead atoms. The maximum Gasteiger partial charge on any atom is 0.128 e. The van der Waals surface area contributed by atoms with E-state index in [-0.39, 0.29) is 0 Å². The Labute approximate surface area is 108 Å². The second-order valence-electron chi connectivity index (χ2n) is 5.15. The molecule has 1 aromatic heterocycles. The average molecular weight is 250 g/mol. The van der Waals surface area contributed by atoms with Crippen LogP contribution in [0.3, 0.4) is 0 Å². The highest BCUT2D eigenvalue weighted by atomic mass is 16.3. The highest BCUT2D eigenvalue weighted by molar-refractivity contribution is 5.38. The molecule has 0 aromatic carbocycles. The number of anilines is 1. The average Bonchev–Trinajstić information content (AvgIpc) is 2.40. The van der Waals surface area contributed by atoms with Gasteiger partial charge in [-0.3, -0.25) is 4.90 Å². The number of β-amino-alcohol motifs (C(OH)–C–C–N with tert-alkyl or cyclic N) is 1. The van der Waals surface area contributed by atoms with E-state index in [0.717, 1.165) is 32.0 Å². The third-order valence-corrected chi connectivity index (χ3v) is 3.35. The largest absolute Gasteiger partial charge is 0.388 e. The van der Waals surface area contributed by atoms with Gasteiger partial charge in [-0.2, -0.15) is 0 Å². The summed E-state index contributed by atoms with van der Waals surface area (Å²) in [5.74, 6) is 1.03. The minimum Gasteiger partial charge on any atom is -0.388 e. The van der Waals surface area contributed by atoms with Crippen LogP contribution in [-0.2, 0) is 0 Å². The minimum atomic E-state index is -0.785. The summed E-state index contributed by atoms with van der Waals surface area (Å²) < 4.78 is 0. The second kappa shape index (κ2) is 5.65. The van der Waals surface area contributed by atoms with Gasteiger partial charge in [0.05, 0.1) is 5.60 Å². The molecule has 1 aliphatic heterocycles. The summed E-state index contributed by atoms with van der Waals surface area (Å²) in [6.07, 6.45) is 1.82. The molecule has 0 spiro atoms. The van der Waals surface area contributed by atoms with Crippen LogP contribution in [0.4, 0.5) is 5.82 Å². The molecule has 1 unspecified atom stereocenters. The number of aromatic nitrogens is 1. The zero-order valence-electron chi connectivity index (χ0n) is 10.9. The number of hydrogen-bond acceptors (Lipinski definition) is 5. The predicted molar refractivity (Wildman–Crippen MR) is 72.6 cm³/mol. The van der Waals surface area contributed by atoms with E-state index in [4.69, 9.17) is 5.73 Å². The summed E-state index contributed by atoms with van der Waals surface area (Å²) in [5, 5.41) is 9.97. The van der Waals surface area contributed by atoms with Gasteiger partial charge in [0.2, 0.25) is 0 Å². The normalized spacial score (nSPS) is 20.7. The van der Waals surface area contributed by atoms with Gasteiger partial charge in [-0.15, -0.1) is 0 Å². The lowest BCUT2D eigenvalue weighted by molar-refractivity contribution is 0.0257. The van der Waals surface area contributed by atoms with Crippen molar-refractivity contribution in [3.05, 3.63) is 24.4 Å². The Bertz CT molecular complexity index is 361. The first-order valence-corrected chi connectivity index (χ1v) is 6.41. The number of nitrogens with zero attached hydrogens (tertiary/aromatic N) is 3. The molecule has 2 heterocycles. The molecule has 0 saturated carbocycles. The number of nitrogens with two attached hydrogens (primary N) is 1.